The number of hydrogen-bond acceptors (Lipinski definition) is 5. The van der Waals surface area contributed by atoms with Gasteiger partial charge in [0, 0.05) is 44.7 Å². The van der Waals surface area contributed by atoms with Gasteiger partial charge in [0.25, 0.3) is 5.91 Å². The van der Waals surface area contributed by atoms with Crippen LogP contribution in [0.4, 0.5) is 0 Å². The lowest BCUT2D eigenvalue weighted by Gasteiger charge is -2.34. The molecule has 0 radical (unpaired) electrons. The quantitative estimate of drug-likeness (QED) is 0.910. The Morgan fingerprint density at radius 1 is 1.30 bits per heavy atom. The summed E-state index contributed by atoms with van der Waals surface area (Å²) in [5, 5.41) is 0. The third-order valence-electron chi connectivity index (χ3n) is 3.77. The van der Waals surface area contributed by atoms with Gasteiger partial charge in [0.05, 0.1) is 15.8 Å². The van der Waals surface area contributed by atoms with Crippen LogP contribution in [0.15, 0.2) is 22.8 Å². The molecule has 0 aliphatic carbocycles. The molecule has 0 saturated carbocycles. The first-order chi connectivity index (χ1) is 10.5. The van der Waals surface area contributed by atoms with Crippen LogP contribution in [0.3, 0.4) is 0 Å². The topological polar surface area (TPSA) is 79.8 Å². The zero-order valence-electron chi connectivity index (χ0n) is 12.9. The van der Waals surface area contributed by atoms with Crippen molar-refractivity contribution in [2.45, 2.75) is 19.4 Å². The molecule has 1 saturated heterocycles. The van der Waals surface area contributed by atoms with Crippen LogP contribution >= 0.6 is 23.7 Å². The number of furan rings is 1. The Bertz CT molecular complexity index is 661. The Morgan fingerprint density at radius 2 is 1.96 bits per heavy atom. The van der Waals surface area contributed by atoms with E-state index in [1.807, 2.05) is 13.0 Å². The first kappa shape index (κ1) is 17.8. The van der Waals surface area contributed by atoms with Crippen molar-refractivity contribution in [2.75, 3.05) is 26.2 Å². The molecule has 2 aromatic rings. The Kier molecular flexibility index (Phi) is 5.67. The van der Waals surface area contributed by atoms with E-state index in [9.17, 15) is 9.59 Å². The molecule has 1 fully saturated rings. The first-order valence-corrected chi connectivity index (χ1v) is 8.16. The van der Waals surface area contributed by atoms with Crippen molar-refractivity contribution in [3.05, 3.63) is 23.3 Å². The van der Waals surface area contributed by atoms with Crippen molar-refractivity contribution in [3.8, 4) is 0 Å². The molecule has 8 heteroatoms. The molecule has 2 amide bonds. The van der Waals surface area contributed by atoms with Gasteiger partial charge < -0.3 is 20.0 Å². The predicted molar refractivity (Wildman–Crippen MR) is 92.1 cm³/mol. The number of carbonyl (C=O) groups excluding carboxylic acids is 2. The average molecular weight is 358 g/mol. The Balaban J connectivity index is 0.00000192. The van der Waals surface area contributed by atoms with E-state index in [2.05, 4.69) is 0 Å². The molecule has 1 aliphatic rings. The van der Waals surface area contributed by atoms with Gasteiger partial charge in [-0.15, -0.1) is 23.7 Å². The van der Waals surface area contributed by atoms with Crippen LogP contribution in [0.2, 0.25) is 0 Å². The molecular weight excluding hydrogens is 338 g/mol. The molecular formula is C15H20ClN3O3S. The molecule has 0 aromatic carbocycles. The minimum atomic E-state index is -0.131. The van der Waals surface area contributed by atoms with Gasteiger partial charge in [-0.05, 0) is 13.0 Å². The summed E-state index contributed by atoms with van der Waals surface area (Å²) in [6.07, 6.45) is 1.98. The second kappa shape index (κ2) is 7.33. The van der Waals surface area contributed by atoms with Crippen LogP contribution in [-0.2, 0) is 4.79 Å². The summed E-state index contributed by atoms with van der Waals surface area (Å²) >= 11 is 1.44. The summed E-state index contributed by atoms with van der Waals surface area (Å²) < 4.78 is 6.28. The van der Waals surface area contributed by atoms with Crippen molar-refractivity contribution in [1.82, 2.24) is 9.80 Å². The van der Waals surface area contributed by atoms with Crippen molar-refractivity contribution in [2.24, 2.45) is 5.73 Å². The number of nitrogens with two attached hydrogens (primary N) is 1. The highest BCUT2D eigenvalue weighted by Crippen LogP contribution is 2.27. The van der Waals surface area contributed by atoms with Crippen LogP contribution < -0.4 is 5.73 Å². The molecule has 6 nitrogen and oxygen atoms in total. The maximum Gasteiger partial charge on any atom is 0.264 e. The Labute approximate surface area is 144 Å². The number of hydrogen-bond donors (Lipinski definition) is 1. The molecule has 2 aromatic heterocycles. The number of nitrogens with zero attached hydrogens (tertiary/aromatic N) is 2. The van der Waals surface area contributed by atoms with Crippen LogP contribution in [0.25, 0.3) is 10.3 Å². The van der Waals surface area contributed by atoms with Gasteiger partial charge in [0.15, 0.2) is 0 Å². The SMILES string of the molecule is CC(N)CC(=O)N1CCN(C(=O)c2cc3occc3s2)CC1.Cl. The van der Waals surface area contributed by atoms with Gasteiger partial charge in [-0.3, -0.25) is 9.59 Å². The fraction of sp³-hybridized carbons (Fsp3) is 0.467. The van der Waals surface area contributed by atoms with Crippen molar-refractivity contribution in [1.29, 1.82) is 0 Å². The average Bonchev–Trinajstić information content (AvgIpc) is 3.07. The molecule has 3 rings (SSSR count). The summed E-state index contributed by atoms with van der Waals surface area (Å²) in [6, 6.07) is 3.52. The van der Waals surface area contributed by atoms with Crippen LogP contribution in [0.5, 0.6) is 0 Å². The summed E-state index contributed by atoms with van der Waals surface area (Å²) in [7, 11) is 0. The maximum atomic E-state index is 12.5. The number of halogens is 1. The summed E-state index contributed by atoms with van der Waals surface area (Å²) in [6.45, 7) is 4.08. The summed E-state index contributed by atoms with van der Waals surface area (Å²) in [5.41, 5.74) is 6.41. The van der Waals surface area contributed by atoms with Gasteiger partial charge in [-0.1, -0.05) is 0 Å². The monoisotopic (exact) mass is 357 g/mol. The highest BCUT2D eigenvalue weighted by atomic mass is 35.5. The van der Waals surface area contributed by atoms with Crippen molar-refractivity contribution in [3.63, 3.8) is 0 Å². The summed E-state index contributed by atoms with van der Waals surface area (Å²) in [5.74, 6) is 0.0754. The second-order valence-electron chi connectivity index (χ2n) is 5.61. The van der Waals surface area contributed by atoms with E-state index in [-0.39, 0.29) is 30.3 Å². The highest BCUT2D eigenvalue weighted by Gasteiger charge is 2.26. The zero-order valence-corrected chi connectivity index (χ0v) is 14.5. The number of amides is 2. The van der Waals surface area contributed by atoms with Crippen LogP contribution in [0, 0.1) is 0 Å². The van der Waals surface area contributed by atoms with Gasteiger partial charge >= 0.3 is 0 Å². The number of carbonyl (C=O) groups is 2. The molecule has 126 valence electrons. The third-order valence-corrected chi connectivity index (χ3v) is 4.84. The number of fused-ring (bicyclic) bond motifs is 1. The number of rotatable bonds is 3. The van der Waals surface area contributed by atoms with Gasteiger partial charge in [-0.25, -0.2) is 0 Å². The van der Waals surface area contributed by atoms with E-state index >= 15 is 0 Å². The Morgan fingerprint density at radius 3 is 2.57 bits per heavy atom. The molecule has 0 bridgehead atoms. The normalized spacial score (nSPS) is 16.3. The number of piperazine rings is 1. The van der Waals surface area contributed by atoms with Crippen LogP contribution in [-0.4, -0.2) is 53.8 Å². The standard InChI is InChI=1S/C15H19N3O3S.ClH/c1-10(16)8-14(19)17-3-5-18(6-4-17)15(20)13-9-11-12(22-13)2-7-21-11;/h2,7,9-10H,3-6,8,16H2,1H3;1H. The smallest absolute Gasteiger partial charge is 0.264 e. The minimum absolute atomic E-state index is 0. The molecule has 23 heavy (non-hydrogen) atoms. The van der Waals surface area contributed by atoms with Crippen molar-refractivity contribution >= 4 is 45.8 Å². The van der Waals surface area contributed by atoms with Crippen LogP contribution in [0.1, 0.15) is 23.0 Å². The lowest BCUT2D eigenvalue weighted by molar-refractivity contribution is -0.132. The fourth-order valence-corrected chi connectivity index (χ4v) is 3.54. The molecule has 2 N–H and O–H groups in total. The predicted octanol–water partition coefficient (Wildman–Crippen LogP) is 1.94. The van der Waals surface area contributed by atoms with E-state index in [4.69, 9.17) is 10.2 Å². The molecule has 0 spiro atoms. The lowest BCUT2D eigenvalue weighted by Crippen LogP contribution is -2.51. The Hall–Kier alpha value is -1.57. The second-order valence-corrected chi connectivity index (χ2v) is 6.70. The molecule has 1 aliphatic heterocycles. The van der Waals surface area contributed by atoms with E-state index < -0.39 is 0 Å². The van der Waals surface area contributed by atoms with E-state index in [0.29, 0.717) is 37.5 Å². The zero-order chi connectivity index (χ0) is 15.7. The molecule has 1 atom stereocenters. The molecule has 1 unspecified atom stereocenters. The molecule has 3 heterocycles. The number of thiophene rings is 1. The highest BCUT2D eigenvalue weighted by molar-refractivity contribution is 7.20. The van der Waals surface area contributed by atoms with Gasteiger partial charge in [0.1, 0.15) is 5.58 Å². The third kappa shape index (κ3) is 3.85. The first-order valence-electron chi connectivity index (χ1n) is 7.34. The lowest BCUT2D eigenvalue weighted by atomic mass is 10.2. The largest absolute Gasteiger partial charge is 0.463 e. The van der Waals surface area contributed by atoms with Gasteiger partial charge in [0.2, 0.25) is 5.91 Å². The minimum Gasteiger partial charge on any atom is -0.463 e. The fourth-order valence-electron chi connectivity index (χ4n) is 2.59. The summed E-state index contributed by atoms with van der Waals surface area (Å²) in [4.78, 5) is 28.7. The van der Waals surface area contributed by atoms with E-state index in [0.717, 1.165) is 10.3 Å². The van der Waals surface area contributed by atoms with Gasteiger partial charge in [-0.2, -0.15) is 0 Å². The maximum absolute atomic E-state index is 12.5. The van der Waals surface area contributed by atoms with Crippen molar-refractivity contribution < 1.29 is 14.0 Å². The van der Waals surface area contributed by atoms with E-state index in [1.54, 1.807) is 22.1 Å². The van der Waals surface area contributed by atoms with E-state index in [1.165, 1.54) is 11.3 Å².